The number of anilines is 1. The Balaban J connectivity index is 1.60. The second-order valence-electron chi connectivity index (χ2n) is 7.44. The molecule has 1 aliphatic carbocycles. The Hall–Kier alpha value is -4.01. The number of rotatable bonds is 5. The zero-order valence-electron chi connectivity index (χ0n) is 16.2. The molecule has 1 fully saturated rings. The molecular formula is C21H19N7O2. The molecule has 0 aliphatic heterocycles. The quantitative estimate of drug-likeness (QED) is 0.473. The van der Waals surface area contributed by atoms with Crippen LogP contribution in [0.15, 0.2) is 42.9 Å². The van der Waals surface area contributed by atoms with Crippen LogP contribution in [0.2, 0.25) is 0 Å². The lowest BCUT2D eigenvalue weighted by molar-refractivity contribution is -0.117. The third-order valence-corrected chi connectivity index (χ3v) is 5.15. The van der Waals surface area contributed by atoms with Gasteiger partial charge >= 0.3 is 0 Å². The van der Waals surface area contributed by atoms with E-state index < -0.39 is 5.91 Å². The van der Waals surface area contributed by atoms with E-state index in [1.165, 1.54) is 6.20 Å². The third-order valence-electron chi connectivity index (χ3n) is 5.15. The average Bonchev–Trinajstić information content (AvgIpc) is 3.34. The summed E-state index contributed by atoms with van der Waals surface area (Å²) in [5, 5.41) is 7.81. The molecule has 2 amide bonds. The molecule has 5 rings (SSSR count). The van der Waals surface area contributed by atoms with Gasteiger partial charge in [-0.15, -0.1) is 0 Å². The van der Waals surface area contributed by atoms with Gasteiger partial charge in [-0.2, -0.15) is 5.10 Å². The van der Waals surface area contributed by atoms with Crippen molar-refractivity contribution in [3.63, 3.8) is 0 Å². The number of benzene rings is 1. The van der Waals surface area contributed by atoms with E-state index in [-0.39, 0.29) is 11.8 Å². The van der Waals surface area contributed by atoms with Crippen molar-refractivity contribution in [3.8, 4) is 22.6 Å². The molecule has 0 saturated heterocycles. The van der Waals surface area contributed by atoms with E-state index in [1.807, 2.05) is 37.4 Å². The van der Waals surface area contributed by atoms with Gasteiger partial charge in [-0.05, 0) is 30.5 Å². The van der Waals surface area contributed by atoms with E-state index in [0.29, 0.717) is 28.1 Å². The molecular weight excluding hydrogens is 382 g/mol. The molecule has 1 aromatic carbocycles. The molecule has 4 aromatic rings. The normalized spacial score (nSPS) is 13.5. The number of nitrogens with zero attached hydrogens (tertiary/aromatic N) is 4. The number of nitrogens with two attached hydrogens (primary N) is 1. The Bertz CT molecular complexity index is 1300. The largest absolute Gasteiger partial charge is 0.366 e. The highest BCUT2D eigenvalue weighted by atomic mass is 16.2. The van der Waals surface area contributed by atoms with Crippen molar-refractivity contribution in [2.45, 2.75) is 12.8 Å². The Labute approximate surface area is 171 Å². The van der Waals surface area contributed by atoms with Gasteiger partial charge in [-0.3, -0.25) is 14.3 Å². The highest BCUT2D eigenvalue weighted by molar-refractivity contribution is 6.11. The van der Waals surface area contributed by atoms with E-state index in [9.17, 15) is 9.59 Å². The molecule has 9 heteroatoms. The molecule has 30 heavy (non-hydrogen) atoms. The summed E-state index contributed by atoms with van der Waals surface area (Å²) < 4.78 is 1.64. The summed E-state index contributed by atoms with van der Waals surface area (Å²) >= 11 is 0. The Kier molecular flexibility index (Phi) is 4.09. The Morgan fingerprint density at radius 3 is 2.70 bits per heavy atom. The predicted molar refractivity (Wildman–Crippen MR) is 111 cm³/mol. The third kappa shape index (κ3) is 3.20. The fraction of sp³-hybridized carbons (Fsp3) is 0.190. The molecule has 1 aliphatic rings. The SMILES string of the molecule is Cn1cnc(-c2cccc(-c3cc4c(C(N)=O)cnc(NC(=O)C5CC5)c4[nH]3)c2)n1. The van der Waals surface area contributed by atoms with Crippen molar-refractivity contribution in [2.24, 2.45) is 18.7 Å². The first kappa shape index (κ1) is 18.0. The summed E-state index contributed by atoms with van der Waals surface area (Å²) in [5.41, 5.74) is 8.91. The maximum Gasteiger partial charge on any atom is 0.250 e. The number of H-pyrrole nitrogens is 1. The first-order valence-corrected chi connectivity index (χ1v) is 9.58. The maximum absolute atomic E-state index is 12.2. The van der Waals surface area contributed by atoms with Gasteiger partial charge in [0.25, 0.3) is 5.91 Å². The number of aryl methyl sites for hydroxylation is 1. The standard InChI is InChI=1S/C21H19N7O2/c1-28-10-24-19(27-28)13-4-2-3-12(7-13)16-8-14-15(18(22)29)9-23-20(17(14)25-16)26-21(30)11-5-6-11/h2-4,7-11,25H,5-6H2,1H3,(H2,22,29)(H,23,26,30). The maximum atomic E-state index is 12.2. The van der Waals surface area contributed by atoms with Crippen LogP contribution in [0, 0.1) is 5.92 Å². The molecule has 0 bridgehead atoms. The first-order valence-electron chi connectivity index (χ1n) is 9.58. The highest BCUT2D eigenvalue weighted by Crippen LogP contribution is 2.34. The Morgan fingerprint density at radius 2 is 2.00 bits per heavy atom. The average molecular weight is 401 g/mol. The van der Waals surface area contributed by atoms with E-state index in [1.54, 1.807) is 11.0 Å². The zero-order chi connectivity index (χ0) is 20.8. The van der Waals surface area contributed by atoms with E-state index >= 15 is 0 Å². The lowest BCUT2D eigenvalue weighted by Gasteiger charge is -2.06. The molecule has 0 unspecified atom stereocenters. The van der Waals surface area contributed by atoms with Crippen LogP contribution in [0.4, 0.5) is 5.82 Å². The van der Waals surface area contributed by atoms with Gasteiger partial charge in [0.1, 0.15) is 6.33 Å². The number of primary amides is 1. The van der Waals surface area contributed by atoms with Gasteiger partial charge in [0.05, 0.1) is 11.1 Å². The van der Waals surface area contributed by atoms with Crippen LogP contribution in [0.1, 0.15) is 23.2 Å². The molecule has 4 N–H and O–H groups in total. The van der Waals surface area contributed by atoms with Crippen LogP contribution in [-0.4, -0.2) is 36.5 Å². The van der Waals surface area contributed by atoms with Crippen LogP contribution >= 0.6 is 0 Å². The van der Waals surface area contributed by atoms with Crippen molar-refractivity contribution in [1.82, 2.24) is 24.7 Å². The summed E-state index contributed by atoms with van der Waals surface area (Å²) in [6.07, 6.45) is 4.82. The van der Waals surface area contributed by atoms with Crippen LogP contribution in [0.3, 0.4) is 0 Å². The summed E-state index contributed by atoms with van der Waals surface area (Å²) in [6, 6.07) is 9.58. The lowest BCUT2D eigenvalue weighted by Crippen LogP contribution is -2.16. The number of carbonyl (C=O) groups is 2. The number of fused-ring (bicyclic) bond motifs is 1. The number of hydrogen-bond acceptors (Lipinski definition) is 5. The topological polar surface area (TPSA) is 132 Å². The molecule has 9 nitrogen and oxygen atoms in total. The highest BCUT2D eigenvalue weighted by Gasteiger charge is 2.30. The minimum absolute atomic E-state index is 0.0367. The number of aromatic nitrogens is 5. The molecule has 0 atom stereocenters. The zero-order valence-corrected chi connectivity index (χ0v) is 16.2. The predicted octanol–water partition coefficient (Wildman–Crippen LogP) is 2.47. The summed E-state index contributed by atoms with van der Waals surface area (Å²) in [4.78, 5) is 36.0. The first-order chi connectivity index (χ1) is 14.5. The van der Waals surface area contributed by atoms with Crippen molar-refractivity contribution in [1.29, 1.82) is 0 Å². The lowest BCUT2D eigenvalue weighted by atomic mass is 10.1. The summed E-state index contributed by atoms with van der Waals surface area (Å²) in [6.45, 7) is 0. The van der Waals surface area contributed by atoms with E-state index in [4.69, 9.17) is 5.73 Å². The Morgan fingerprint density at radius 1 is 1.20 bits per heavy atom. The molecule has 3 heterocycles. The van der Waals surface area contributed by atoms with Crippen molar-refractivity contribution in [3.05, 3.63) is 48.4 Å². The van der Waals surface area contributed by atoms with Gasteiger partial charge in [-0.25, -0.2) is 9.97 Å². The molecule has 3 aromatic heterocycles. The van der Waals surface area contributed by atoms with Gasteiger partial charge in [0.2, 0.25) is 5.91 Å². The number of aromatic amines is 1. The number of pyridine rings is 1. The number of hydrogen-bond donors (Lipinski definition) is 3. The van der Waals surface area contributed by atoms with Crippen LogP contribution < -0.4 is 11.1 Å². The second-order valence-corrected chi connectivity index (χ2v) is 7.44. The van der Waals surface area contributed by atoms with Crippen molar-refractivity contribution >= 4 is 28.5 Å². The number of carbonyl (C=O) groups excluding carboxylic acids is 2. The second kappa shape index (κ2) is 6.80. The smallest absolute Gasteiger partial charge is 0.250 e. The van der Waals surface area contributed by atoms with E-state index in [0.717, 1.165) is 29.7 Å². The summed E-state index contributed by atoms with van der Waals surface area (Å²) in [7, 11) is 1.81. The van der Waals surface area contributed by atoms with Crippen LogP contribution in [0.5, 0.6) is 0 Å². The van der Waals surface area contributed by atoms with Gasteiger partial charge < -0.3 is 16.0 Å². The molecule has 150 valence electrons. The van der Waals surface area contributed by atoms with Gasteiger partial charge in [0, 0.05) is 35.8 Å². The molecule has 0 radical (unpaired) electrons. The van der Waals surface area contributed by atoms with Crippen molar-refractivity contribution < 1.29 is 9.59 Å². The van der Waals surface area contributed by atoms with Gasteiger partial charge in [-0.1, -0.05) is 18.2 Å². The van der Waals surface area contributed by atoms with Crippen LogP contribution in [-0.2, 0) is 11.8 Å². The summed E-state index contributed by atoms with van der Waals surface area (Å²) in [5.74, 6) is 0.405. The van der Waals surface area contributed by atoms with Crippen molar-refractivity contribution in [2.75, 3.05) is 5.32 Å². The monoisotopic (exact) mass is 401 g/mol. The fourth-order valence-corrected chi connectivity index (χ4v) is 3.43. The van der Waals surface area contributed by atoms with Gasteiger partial charge in [0.15, 0.2) is 11.6 Å². The fourth-order valence-electron chi connectivity index (χ4n) is 3.43. The minimum Gasteiger partial charge on any atom is -0.366 e. The molecule has 1 saturated carbocycles. The van der Waals surface area contributed by atoms with Crippen LogP contribution in [0.25, 0.3) is 33.5 Å². The van der Waals surface area contributed by atoms with E-state index in [2.05, 4.69) is 25.4 Å². The molecule has 0 spiro atoms. The minimum atomic E-state index is -0.579. The number of nitrogens with one attached hydrogen (secondary N) is 2. The number of amides is 2.